The van der Waals surface area contributed by atoms with E-state index in [-0.39, 0.29) is 6.61 Å². The molecule has 0 radical (unpaired) electrons. The zero-order valence-corrected chi connectivity index (χ0v) is 10.2. The van der Waals surface area contributed by atoms with Gasteiger partial charge in [-0.3, -0.25) is 0 Å². The van der Waals surface area contributed by atoms with Crippen LogP contribution in [-0.2, 0) is 0 Å². The molecule has 0 atom stereocenters. The van der Waals surface area contributed by atoms with Gasteiger partial charge in [0, 0.05) is 20.2 Å². The number of aliphatic hydroxyl groups is 1. The van der Waals surface area contributed by atoms with Crippen LogP contribution in [0.5, 0.6) is 6.01 Å². The van der Waals surface area contributed by atoms with Crippen molar-refractivity contribution in [2.24, 2.45) is 0 Å². The number of rotatable bonds is 8. The van der Waals surface area contributed by atoms with Gasteiger partial charge in [-0.25, -0.2) is 0 Å². The summed E-state index contributed by atoms with van der Waals surface area (Å²) >= 11 is 0. The average molecular weight is 241 g/mol. The molecule has 96 valence electrons. The molecule has 0 aliphatic rings. The summed E-state index contributed by atoms with van der Waals surface area (Å²) in [5.74, 6) is 0.943. The van der Waals surface area contributed by atoms with E-state index in [0.29, 0.717) is 31.1 Å². The molecule has 1 heterocycles. The van der Waals surface area contributed by atoms with E-state index < -0.39 is 0 Å². The topological polar surface area (TPSA) is 92.2 Å². The molecule has 0 aliphatic carbocycles. The third-order valence-electron chi connectivity index (χ3n) is 1.98. The lowest BCUT2D eigenvalue weighted by atomic mass is 10.3. The van der Waals surface area contributed by atoms with Crippen molar-refractivity contribution in [1.82, 2.24) is 15.0 Å². The molecule has 7 heteroatoms. The van der Waals surface area contributed by atoms with Gasteiger partial charge in [-0.2, -0.15) is 15.0 Å². The number of anilines is 2. The Hall–Kier alpha value is -1.63. The molecule has 0 unspecified atom stereocenters. The summed E-state index contributed by atoms with van der Waals surface area (Å²) in [7, 11) is 1.74. The molecule has 3 N–H and O–H groups in total. The smallest absolute Gasteiger partial charge is 0.323 e. The van der Waals surface area contributed by atoms with Gasteiger partial charge in [0.05, 0.1) is 6.61 Å². The third-order valence-corrected chi connectivity index (χ3v) is 1.98. The maximum absolute atomic E-state index is 8.66. The molecular formula is C10H19N5O2. The quantitative estimate of drug-likeness (QED) is 0.570. The molecule has 0 fully saturated rings. The van der Waals surface area contributed by atoms with Crippen LogP contribution in [0, 0.1) is 0 Å². The molecule has 0 saturated heterocycles. The monoisotopic (exact) mass is 241 g/mol. The Balaban J connectivity index is 2.59. The van der Waals surface area contributed by atoms with Crippen LogP contribution in [0.15, 0.2) is 0 Å². The molecule has 1 aromatic heterocycles. The molecule has 0 saturated carbocycles. The van der Waals surface area contributed by atoms with Crippen molar-refractivity contribution >= 4 is 11.9 Å². The number of nitrogens with zero attached hydrogens (tertiary/aromatic N) is 3. The first-order valence-corrected chi connectivity index (χ1v) is 5.71. The second-order valence-corrected chi connectivity index (χ2v) is 3.31. The highest BCUT2D eigenvalue weighted by molar-refractivity contribution is 5.35. The van der Waals surface area contributed by atoms with Gasteiger partial charge in [0.2, 0.25) is 11.9 Å². The first-order valence-electron chi connectivity index (χ1n) is 5.71. The molecule has 1 rings (SSSR count). The van der Waals surface area contributed by atoms with Crippen LogP contribution in [0.2, 0.25) is 0 Å². The predicted octanol–water partition coefficient (Wildman–Crippen LogP) is 0.496. The Morgan fingerprint density at radius 1 is 1.18 bits per heavy atom. The van der Waals surface area contributed by atoms with Crippen molar-refractivity contribution in [3.05, 3.63) is 0 Å². The molecule has 0 bridgehead atoms. The summed E-state index contributed by atoms with van der Waals surface area (Å²) in [6.45, 7) is 3.29. The van der Waals surface area contributed by atoms with Crippen LogP contribution in [0.3, 0.4) is 0 Å². The van der Waals surface area contributed by atoms with E-state index in [1.807, 2.05) is 6.92 Å². The lowest BCUT2D eigenvalue weighted by molar-refractivity contribution is 0.286. The number of nitrogens with one attached hydrogen (secondary N) is 2. The largest absolute Gasteiger partial charge is 0.464 e. The van der Waals surface area contributed by atoms with Gasteiger partial charge in [0.25, 0.3) is 0 Å². The minimum absolute atomic E-state index is 0.199. The Bertz CT molecular complexity index is 334. The maximum Gasteiger partial charge on any atom is 0.323 e. The summed E-state index contributed by atoms with van der Waals surface area (Å²) in [6, 6.07) is 0.302. The highest BCUT2D eigenvalue weighted by Crippen LogP contribution is 2.10. The molecule has 0 aliphatic heterocycles. The first-order chi connectivity index (χ1) is 8.30. The fraction of sp³-hybridized carbons (Fsp3) is 0.700. The Kier molecular flexibility index (Phi) is 6.02. The van der Waals surface area contributed by atoms with Crippen LogP contribution in [0.1, 0.15) is 19.8 Å². The molecular weight excluding hydrogens is 222 g/mol. The van der Waals surface area contributed by atoms with Crippen molar-refractivity contribution in [3.8, 4) is 6.01 Å². The van der Waals surface area contributed by atoms with Crippen molar-refractivity contribution in [2.75, 3.05) is 37.4 Å². The second-order valence-electron chi connectivity index (χ2n) is 3.31. The molecule has 0 aromatic carbocycles. The van der Waals surface area contributed by atoms with Gasteiger partial charge < -0.3 is 20.5 Å². The van der Waals surface area contributed by atoms with Crippen LogP contribution < -0.4 is 15.4 Å². The molecule has 17 heavy (non-hydrogen) atoms. The van der Waals surface area contributed by atoms with Crippen LogP contribution in [0.25, 0.3) is 0 Å². The number of hydrogen-bond donors (Lipinski definition) is 3. The fourth-order valence-electron chi connectivity index (χ4n) is 1.18. The summed E-state index contributed by atoms with van der Waals surface area (Å²) in [5, 5.41) is 14.6. The van der Waals surface area contributed by atoms with E-state index in [4.69, 9.17) is 9.84 Å². The lowest BCUT2D eigenvalue weighted by Gasteiger charge is -2.08. The highest BCUT2D eigenvalue weighted by Gasteiger charge is 2.05. The van der Waals surface area contributed by atoms with Gasteiger partial charge in [0.1, 0.15) is 0 Å². The second kappa shape index (κ2) is 7.61. The minimum Gasteiger partial charge on any atom is -0.464 e. The maximum atomic E-state index is 8.66. The van der Waals surface area contributed by atoms with Gasteiger partial charge in [-0.15, -0.1) is 0 Å². The number of unbranched alkanes of at least 4 members (excludes halogenated alkanes) is 1. The zero-order chi connectivity index (χ0) is 12.5. The van der Waals surface area contributed by atoms with Gasteiger partial charge in [-0.05, 0) is 19.8 Å². The Labute approximate surface area is 101 Å². The fourth-order valence-corrected chi connectivity index (χ4v) is 1.18. The van der Waals surface area contributed by atoms with Crippen molar-refractivity contribution in [2.45, 2.75) is 19.8 Å². The van der Waals surface area contributed by atoms with Crippen LogP contribution >= 0.6 is 0 Å². The molecule has 1 aromatic rings. The summed E-state index contributed by atoms with van der Waals surface area (Å²) < 4.78 is 5.23. The van der Waals surface area contributed by atoms with Gasteiger partial charge >= 0.3 is 6.01 Å². The van der Waals surface area contributed by atoms with E-state index in [1.165, 1.54) is 0 Å². The van der Waals surface area contributed by atoms with E-state index >= 15 is 0 Å². The zero-order valence-electron chi connectivity index (χ0n) is 10.2. The molecule has 0 spiro atoms. The Morgan fingerprint density at radius 3 is 2.59 bits per heavy atom. The number of hydrogen-bond acceptors (Lipinski definition) is 7. The van der Waals surface area contributed by atoms with E-state index in [0.717, 1.165) is 12.8 Å². The molecule has 0 amide bonds. The van der Waals surface area contributed by atoms with Gasteiger partial charge in [0.15, 0.2) is 0 Å². The van der Waals surface area contributed by atoms with E-state index in [1.54, 1.807) is 7.05 Å². The first kappa shape index (κ1) is 13.4. The number of ether oxygens (including phenoxy) is 1. The summed E-state index contributed by atoms with van der Waals surface area (Å²) in [6.07, 6.45) is 1.62. The average Bonchev–Trinajstić information content (AvgIpc) is 2.35. The summed E-state index contributed by atoms with van der Waals surface area (Å²) in [5.41, 5.74) is 0. The standard InChI is InChI=1S/C10H19N5O2/c1-3-17-10-14-8(11-2)13-9(15-10)12-6-4-5-7-16/h16H,3-7H2,1-2H3,(H2,11,12,13,14,15). The normalized spacial score (nSPS) is 10.1. The minimum atomic E-state index is 0.199. The lowest BCUT2D eigenvalue weighted by Crippen LogP contribution is -2.10. The van der Waals surface area contributed by atoms with Gasteiger partial charge in [-0.1, -0.05) is 0 Å². The van der Waals surface area contributed by atoms with Crippen molar-refractivity contribution in [3.63, 3.8) is 0 Å². The summed E-state index contributed by atoms with van der Waals surface area (Å²) in [4.78, 5) is 12.3. The number of aliphatic hydroxyl groups excluding tert-OH is 1. The van der Waals surface area contributed by atoms with Crippen molar-refractivity contribution in [1.29, 1.82) is 0 Å². The van der Waals surface area contributed by atoms with Crippen molar-refractivity contribution < 1.29 is 9.84 Å². The van der Waals surface area contributed by atoms with Crippen LogP contribution in [0.4, 0.5) is 11.9 Å². The van der Waals surface area contributed by atoms with E-state index in [9.17, 15) is 0 Å². The predicted molar refractivity (Wildman–Crippen MR) is 65.4 cm³/mol. The van der Waals surface area contributed by atoms with Crippen LogP contribution in [-0.4, -0.2) is 46.9 Å². The van der Waals surface area contributed by atoms with E-state index in [2.05, 4.69) is 25.6 Å². The highest BCUT2D eigenvalue weighted by atomic mass is 16.5. The number of aromatic nitrogens is 3. The Morgan fingerprint density at radius 2 is 1.94 bits per heavy atom. The third kappa shape index (κ3) is 4.81. The SMILES string of the molecule is CCOc1nc(NC)nc(NCCCCO)n1. The molecule has 7 nitrogen and oxygen atoms in total.